The first-order chi connectivity index (χ1) is 11.2. The normalized spacial score (nSPS) is 12.5. The van der Waals surface area contributed by atoms with E-state index in [1.165, 1.54) is 17.4 Å². The molecule has 0 saturated heterocycles. The third kappa shape index (κ3) is 3.38. The standard InChI is InChI=1S/C19H20FNOS/c1-13-12-23-19-15(20)8-9-17(18(13)19)22-16(10-11-21-2)14-6-4-3-5-7-14/h3-9,12,16,21H,10-11H2,1-2H3/t16-/m1/s1. The van der Waals surface area contributed by atoms with Crippen molar-refractivity contribution >= 4 is 21.4 Å². The van der Waals surface area contributed by atoms with Crippen LogP contribution in [0.4, 0.5) is 4.39 Å². The lowest BCUT2D eigenvalue weighted by Crippen LogP contribution is -2.16. The summed E-state index contributed by atoms with van der Waals surface area (Å²) in [6.45, 7) is 2.85. The molecule has 1 aromatic heterocycles. The number of ether oxygens (including phenoxy) is 1. The van der Waals surface area contributed by atoms with Gasteiger partial charge in [-0.05, 0) is 49.2 Å². The van der Waals surface area contributed by atoms with Gasteiger partial charge in [0.05, 0.1) is 4.70 Å². The van der Waals surface area contributed by atoms with Crippen molar-refractivity contribution in [2.24, 2.45) is 0 Å². The molecule has 0 radical (unpaired) electrons. The predicted molar refractivity (Wildman–Crippen MR) is 94.9 cm³/mol. The number of hydrogen-bond acceptors (Lipinski definition) is 3. The maximum Gasteiger partial charge on any atom is 0.141 e. The molecular formula is C19H20FNOS. The van der Waals surface area contributed by atoms with Crippen LogP contribution in [-0.4, -0.2) is 13.6 Å². The Balaban J connectivity index is 1.97. The molecule has 1 atom stereocenters. The molecule has 0 saturated carbocycles. The lowest BCUT2D eigenvalue weighted by atomic mass is 10.1. The first kappa shape index (κ1) is 16.0. The Kier molecular flexibility index (Phi) is 4.94. The topological polar surface area (TPSA) is 21.3 Å². The van der Waals surface area contributed by atoms with Gasteiger partial charge in [0, 0.05) is 11.8 Å². The van der Waals surface area contributed by atoms with Gasteiger partial charge in [-0.15, -0.1) is 11.3 Å². The highest BCUT2D eigenvalue weighted by Gasteiger charge is 2.17. The third-order valence-corrected chi connectivity index (χ3v) is 5.02. The summed E-state index contributed by atoms with van der Waals surface area (Å²) in [6, 6.07) is 13.4. The number of benzene rings is 2. The SMILES string of the molecule is CNCC[C@@H](Oc1ccc(F)c2scc(C)c12)c1ccccc1. The summed E-state index contributed by atoms with van der Waals surface area (Å²) >= 11 is 1.43. The zero-order valence-electron chi connectivity index (χ0n) is 13.3. The molecule has 0 amide bonds. The Morgan fingerprint density at radius 1 is 1.17 bits per heavy atom. The Morgan fingerprint density at radius 3 is 2.70 bits per heavy atom. The third-order valence-electron chi connectivity index (χ3n) is 3.92. The molecule has 0 spiro atoms. The van der Waals surface area contributed by atoms with Crippen molar-refractivity contribution in [3.63, 3.8) is 0 Å². The highest BCUT2D eigenvalue weighted by Crippen LogP contribution is 2.37. The van der Waals surface area contributed by atoms with Gasteiger partial charge in [-0.3, -0.25) is 0 Å². The monoisotopic (exact) mass is 329 g/mol. The van der Waals surface area contributed by atoms with E-state index >= 15 is 0 Å². The second-order valence-electron chi connectivity index (χ2n) is 5.58. The minimum absolute atomic E-state index is 0.0587. The molecule has 2 nitrogen and oxygen atoms in total. The Morgan fingerprint density at radius 2 is 1.96 bits per heavy atom. The summed E-state index contributed by atoms with van der Waals surface area (Å²) in [5, 5.41) is 6.04. The van der Waals surface area contributed by atoms with E-state index in [4.69, 9.17) is 4.74 Å². The summed E-state index contributed by atoms with van der Waals surface area (Å²) in [7, 11) is 1.93. The van der Waals surface area contributed by atoms with Crippen molar-refractivity contribution in [1.29, 1.82) is 0 Å². The fourth-order valence-corrected chi connectivity index (χ4v) is 3.69. The van der Waals surface area contributed by atoms with E-state index in [1.807, 2.05) is 37.6 Å². The van der Waals surface area contributed by atoms with Crippen molar-refractivity contribution in [2.45, 2.75) is 19.4 Å². The lowest BCUT2D eigenvalue weighted by Gasteiger charge is -2.20. The van der Waals surface area contributed by atoms with Crippen LogP contribution in [0.2, 0.25) is 0 Å². The number of thiophene rings is 1. The highest BCUT2D eigenvalue weighted by molar-refractivity contribution is 7.17. The molecule has 3 rings (SSSR count). The van der Waals surface area contributed by atoms with Crippen molar-refractivity contribution in [2.75, 3.05) is 13.6 Å². The predicted octanol–water partition coefficient (Wildman–Crippen LogP) is 5.08. The van der Waals surface area contributed by atoms with Gasteiger partial charge in [0.15, 0.2) is 0 Å². The van der Waals surface area contributed by atoms with Crippen molar-refractivity contribution < 1.29 is 9.13 Å². The number of aryl methyl sites for hydroxylation is 1. The Bertz CT molecular complexity index is 785. The molecule has 3 aromatic rings. The number of nitrogens with one attached hydrogen (secondary N) is 1. The minimum atomic E-state index is -0.183. The minimum Gasteiger partial charge on any atom is -0.485 e. The highest BCUT2D eigenvalue weighted by atomic mass is 32.1. The van der Waals surface area contributed by atoms with E-state index in [0.29, 0.717) is 4.70 Å². The molecule has 1 N–H and O–H groups in total. The Hall–Kier alpha value is -1.91. The molecule has 4 heteroatoms. The fourth-order valence-electron chi connectivity index (χ4n) is 2.72. The zero-order valence-corrected chi connectivity index (χ0v) is 14.1. The summed E-state index contributed by atoms with van der Waals surface area (Å²) in [6.07, 6.45) is 0.791. The first-order valence-corrected chi connectivity index (χ1v) is 8.61. The maximum atomic E-state index is 14.0. The van der Waals surface area contributed by atoms with Gasteiger partial charge in [0.1, 0.15) is 17.7 Å². The lowest BCUT2D eigenvalue weighted by molar-refractivity contribution is 0.197. The van der Waals surface area contributed by atoms with Gasteiger partial charge in [-0.1, -0.05) is 30.3 Å². The van der Waals surface area contributed by atoms with Gasteiger partial charge in [-0.25, -0.2) is 4.39 Å². The molecule has 0 unspecified atom stereocenters. The van der Waals surface area contributed by atoms with E-state index in [1.54, 1.807) is 6.07 Å². The molecule has 0 fully saturated rings. The Labute approximate surface area is 139 Å². The number of halogens is 1. The second-order valence-corrected chi connectivity index (χ2v) is 6.46. The maximum absolute atomic E-state index is 14.0. The molecule has 2 aromatic carbocycles. The van der Waals surface area contributed by atoms with Gasteiger partial charge in [-0.2, -0.15) is 0 Å². The van der Waals surface area contributed by atoms with E-state index in [9.17, 15) is 4.39 Å². The quantitative estimate of drug-likeness (QED) is 0.681. The average molecular weight is 329 g/mol. The molecule has 0 aliphatic heterocycles. The molecule has 0 bridgehead atoms. The van der Waals surface area contributed by atoms with E-state index in [2.05, 4.69) is 17.4 Å². The summed E-state index contributed by atoms with van der Waals surface area (Å²) in [5.41, 5.74) is 2.19. The van der Waals surface area contributed by atoms with Crippen LogP contribution in [0.15, 0.2) is 47.8 Å². The van der Waals surface area contributed by atoms with Crippen molar-refractivity contribution in [1.82, 2.24) is 5.32 Å². The van der Waals surface area contributed by atoms with Gasteiger partial charge < -0.3 is 10.1 Å². The molecular weight excluding hydrogens is 309 g/mol. The molecule has 0 aliphatic carbocycles. The van der Waals surface area contributed by atoms with E-state index in [-0.39, 0.29) is 11.9 Å². The van der Waals surface area contributed by atoms with Gasteiger partial charge in [0.2, 0.25) is 0 Å². The number of hydrogen-bond donors (Lipinski definition) is 1. The molecule has 120 valence electrons. The van der Waals surface area contributed by atoms with Crippen LogP contribution in [0.5, 0.6) is 5.75 Å². The van der Waals surface area contributed by atoms with Gasteiger partial charge >= 0.3 is 0 Å². The first-order valence-electron chi connectivity index (χ1n) is 7.73. The second kappa shape index (κ2) is 7.11. The van der Waals surface area contributed by atoms with Crippen molar-refractivity contribution in [3.8, 4) is 5.75 Å². The van der Waals surface area contributed by atoms with Crippen LogP contribution in [0.3, 0.4) is 0 Å². The van der Waals surface area contributed by atoms with Crippen molar-refractivity contribution in [3.05, 3.63) is 64.8 Å². The number of rotatable bonds is 6. The van der Waals surface area contributed by atoms with E-state index in [0.717, 1.165) is 35.2 Å². The summed E-state index contributed by atoms with van der Waals surface area (Å²) < 4.78 is 21.0. The largest absolute Gasteiger partial charge is 0.485 e. The summed E-state index contributed by atoms with van der Waals surface area (Å²) in [4.78, 5) is 0. The van der Waals surface area contributed by atoms with Crippen LogP contribution >= 0.6 is 11.3 Å². The summed E-state index contributed by atoms with van der Waals surface area (Å²) in [5.74, 6) is 0.571. The van der Waals surface area contributed by atoms with Crippen LogP contribution in [0.1, 0.15) is 23.7 Å². The molecule has 23 heavy (non-hydrogen) atoms. The van der Waals surface area contributed by atoms with Crippen LogP contribution in [0.25, 0.3) is 10.1 Å². The number of fused-ring (bicyclic) bond motifs is 1. The zero-order chi connectivity index (χ0) is 16.2. The average Bonchev–Trinajstić information content (AvgIpc) is 2.97. The van der Waals surface area contributed by atoms with Crippen LogP contribution < -0.4 is 10.1 Å². The fraction of sp³-hybridized carbons (Fsp3) is 0.263. The van der Waals surface area contributed by atoms with Crippen LogP contribution in [-0.2, 0) is 0 Å². The van der Waals surface area contributed by atoms with Gasteiger partial charge in [0.25, 0.3) is 0 Å². The van der Waals surface area contributed by atoms with Crippen LogP contribution in [0, 0.1) is 12.7 Å². The molecule has 0 aliphatic rings. The smallest absolute Gasteiger partial charge is 0.141 e. The van der Waals surface area contributed by atoms with E-state index < -0.39 is 0 Å². The molecule has 1 heterocycles.